The lowest BCUT2D eigenvalue weighted by molar-refractivity contribution is 0.573. The zero-order valence-electron chi connectivity index (χ0n) is 10.8. The molecular formula is C14H19N3S. The number of anilines is 1. The van der Waals surface area contributed by atoms with Crippen LogP contribution in [0.15, 0.2) is 29.6 Å². The third-order valence-electron chi connectivity index (χ3n) is 2.82. The number of nitrogen functional groups attached to an aromatic ring is 1. The van der Waals surface area contributed by atoms with E-state index in [1.807, 2.05) is 25.1 Å². The van der Waals surface area contributed by atoms with Crippen LogP contribution in [0, 0.1) is 6.92 Å². The molecular weight excluding hydrogens is 242 g/mol. The van der Waals surface area contributed by atoms with Crippen molar-refractivity contribution in [2.45, 2.75) is 26.3 Å². The fraction of sp³-hybridized carbons (Fsp3) is 0.357. The monoisotopic (exact) mass is 261 g/mol. The van der Waals surface area contributed by atoms with E-state index < -0.39 is 0 Å². The number of nitrogens with two attached hydrogens (primary N) is 1. The maximum absolute atomic E-state index is 5.76. The Morgan fingerprint density at radius 1 is 1.44 bits per heavy atom. The molecule has 0 bridgehead atoms. The molecule has 1 heterocycles. The van der Waals surface area contributed by atoms with Crippen LogP contribution in [-0.2, 0) is 6.42 Å². The van der Waals surface area contributed by atoms with Crippen molar-refractivity contribution in [2.75, 3.05) is 12.3 Å². The van der Waals surface area contributed by atoms with Gasteiger partial charge in [0.2, 0.25) is 0 Å². The van der Waals surface area contributed by atoms with Gasteiger partial charge in [0, 0.05) is 16.8 Å². The summed E-state index contributed by atoms with van der Waals surface area (Å²) < 4.78 is 0. The maximum Gasteiger partial charge on any atom is 0.110 e. The van der Waals surface area contributed by atoms with Crippen molar-refractivity contribution in [1.82, 2.24) is 10.3 Å². The van der Waals surface area contributed by atoms with Crippen molar-refractivity contribution >= 4 is 17.0 Å². The Kier molecular flexibility index (Phi) is 4.33. The predicted octanol–water partition coefficient (Wildman–Crippen LogP) is 2.93. The first-order valence-corrected chi connectivity index (χ1v) is 7.03. The fourth-order valence-corrected chi connectivity index (χ4v) is 2.67. The van der Waals surface area contributed by atoms with Crippen molar-refractivity contribution in [1.29, 1.82) is 0 Å². The molecule has 0 amide bonds. The minimum Gasteiger partial charge on any atom is -0.399 e. The first-order valence-electron chi connectivity index (χ1n) is 6.15. The molecule has 0 aliphatic carbocycles. The molecule has 1 aromatic carbocycles. The molecule has 2 aromatic rings. The van der Waals surface area contributed by atoms with Crippen molar-refractivity contribution in [3.05, 3.63) is 45.9 Å². The van der Waals surface area contributed by atoms with Gasteiger partial charge in [0.05, 0.1) is 6.04 Å². The normalized spacial score (nSPS) is 12.6. The van der Waals surface area contributed by atoms with Gasteiger partial charge in [-0.1, -0.05) is 12.1 Å². The van der Waals surface area contributed by atoms with Crippen LogP contribution < -0.4 is 11.1 Å². The molecule has 2 rings (SSSR count). The highest BCUT2D eigenvalue weighted by Crippen LogP contribution is 2.17. The van der Waals surface area contributed by atoms with Gasteiger partial charge in [-0.2, -0.15) is 0 Å². The van der Waals surface area contributed by atoms with Gasteiger partial charge in [0.15, 0.2) is 0 Å². The number of benzene rings is 1. The number of aryl methyl sites for hydroxylation is 1. The Labute approximate surface area is 112 Å². The smallest absolute Gasteiger partial charge is 0.110 e. The highest BCUT2D eigenvalue weighted by atomic mass is 32.1. The molecule has 4 heteroatoms. The van der Waals surface area contributed by atoms with Gasteiger partial charge in [-0.15, -0.1) is 11.3 Å². The van der Waals surface area contributed by atoms with E-state index in [9.17, 15) is 0 Å². The fourth-order valence-electron chi connectivity index (χ4n) is 1.84. The molecule has 0 saturated carbocycles. The van der Waals surface area contributed by atoms with Crippen LogP contribution in [0.3, 0.4) is 0 Å². The molecule has 0 aliphatic heterocycles. The van der Waals surface area contributed by atoms with Crippen LogP contribution in [0.4, 0.5) is 5.69 Å². The van der Waals surface area contributed by atoms with E-state index in [0.29, 0.717) is 6.04 Å². The van der Waals surface area contributed by atoms with Crippen LogP contribution >= 0.6 is 11.3 Å². The number of hydrogen-bond donors (Lipinski definition) is 2. The summed E-state index contributed by atoms with van der Waals surface area (Å²) in [6.45, 7) is 5.11. The van der Waals surface area contributed by atoms with Gasteiger partial charge >= 0.3 is 0 Å². The van der Waals surface area contributed by atoms with Crippen LogP contribution in [0.25, 0.3) is 0 Å². The first kappa shape index (κ1) is 13.1. The minimum absolute atomic E-state index is 0.310. The molecule has 3 N–H and O–H groups in total. The number of nitrogens with one attached hydrogen (secondary N) is 1. The highest BCUT2D eigenvalue weighted by molar-refractivity contribution is 7.09. The third-order valence-corrected chi connectivity index (χ3v) is 3.97. The summed E-state index contributed by atoms with van der Waals surface area (Å²) >= 11 is 1.71. The largest absolute Gasteiger partial charge is 0.399 e. The van der Waals surface area contributed by atoms with Crippen molar-refractivity contribution in [3.63, 3.8) is 0 Å². The van der Waals surface area contributed by atoms with Crippen molar-refractivity contribution in [2.24, 2.45) is 0 Å². The summed E-state index contributed by atoms with van der Waals surface area (Å²) in [4.78, 5) is 4.49. The summed E-state index contributed by atoms with van der Waals surface area (Å²) in [5.41, 5.74) is 8.95. The molecule has 0 aliphatic rings. The molecule has 3 nitrogen and oxygen atoms in total. The molecule has 0 saturated heterocycles. The van der Waals surface area contributed by atoms with Crippen LogP contribution in [0.5, 0.6) is 0 Å². The summed E-state index contributed by atoms with van der Waals surface area (Å²) in [6.07, 6.45) is 0.986. The zero-order chi connectivity index (χ0) is 13.0. The third kappa shape index (κ3) is 3.55. The maximum atomic E-state index is 5.76. The van der Waals surface area contributed by atoms with Gasteiger partial charge < -0.3 is 11.1 Å². The SMILES string of the molecule is Cc1csc(C(C)NCCc2cccc(N)c2)n1. The molecule has 18 heavy (non-hydrogen) atoms. The van der Waals surface area contributed by atoms with Gasteiger partial charge in [-0.3, -0.25) is 0 Å². The Morgan fingerprint density at radius 3 is 2.94 bits per heavy atom. The standard InChI is InChI=1S/C14H19N3S/c1-10-9-18-14(17-10)11(2)16-7-6-12-4-3-5-13(15)8-12/h3-5,8-9,11,16H,6-7,15H2,1-2H3. The Morgan fingerprint density at radius 2 is 2.28 bits per heavy atom. The van der Waals surface area contributed by atoms with Crippen LogP contribution in [0.2, 0.25) is 0 Å². The van der Waals surface area contributed by atoms with Gasteiger partial charge in [0.25, 0.3) is 0 Å². The molecule has 1 atom stereocenters. The summed E-state index contributed by atoms with van der Waals surface area (Å²) in [5.74, 6) is 0. The Bertz CT molecular complexity index is 507. The van der Waals surface area contributed by atoms with Crippen LogP contribution in [-0.4, -0.2) is 11.5 Å². The first-order chi connectivity index (χ1) is 8.65. The second-order valence-corrected chi connectivity index (χ2v) is 5.39. The lowest BCUT2D eigenvalue weighted by Gasteiger charge is -2.11. The van der Waals surface area contributed by atoms with E-state index >= 15 is 0 Å². The second kappa shape index (κ2) is 5.98. The Balaban J connectivity index is 1.82. The van der Waals surface area contributed by atoms with Crippen molar-refractivity contribution < 1.29 is 0 Å². The molecule has 0 radical (unpaired) electrons. The van der Waals surface area contributed by atoms with E-state index in [0.717, 1.165) is 29.4 Å². The van der Waals surface area contributed by atoms with Gasteiger partial charge in [-0.25, -0.2) is 4.98 Å². The van der Waals surface area contributed by atoms with E-state index in [2.05, 4.69) is 28.7 Å². The molecule has 96 valence electrons. The van der Waals surface area contributed by atoms with E-state index in [4.69, 9.17) is 5.73 Å². The van der Waals surface area contributed by atoms with Crippen LogP contribution in [0.1, 0.15) is 29.2 Å². The number of aromatic nitrogens is 1. The summed E-state index contributed by atoms with van der Waals surface area (Å²) in [7, 11) is 0. The summed E-state index contributed by atoms with van der Waals surface area (Å²) in [6, 6.07) is 8.36. The highest BCUT2D eigenvalue weighted by Gasteiger charge is 2.08. The molecule has 0 fully saturated rings. The molecule has 0 spiro atoms. The number of nitrogens with zero attached hydrogens (tertiary/aromatic N) is 1. The van der Waals surface area contributed by atoms with Crippen molar-refractivity contribution in [3.8, 4) is 0 Å². The van der Waals surface area contributed by atoms with Gasteiger partial charge in [-0.05, 0) is 44.5 Å². The van der Waals surface area contributed by atoms with Gasteiger partial charge in [0.1, 0.15) is 5.01 Å². The lowest BCUT2D eigenvalue weighted by atomic mass is 10.1. The van der Waals surface area contributed by atoms with E-state index in [1.54, 1.807) is 11.3 Å². The summed E-state index contributed by atoms with van der Waals surface area (Å²) in [5, 5.41) is 6.73. The average molecular weight is 261 g/mol. The minimum atomic E-state index is 0.310. The zero-order valence-corrected chi connectivity index (χ0v) is 11.6. The number of hydrogen-bond acceptors (Lipinski definition) is 4. The predicted molar refractivity (Wildman–Crippen MR) is 77.8 cm³/mol. The molecule has 1 unspecified atom stereocenters. The number of rotatable bonds is 5. The Hall–Kier alpha value is -1.39. The van der Waals surface area contributed by atoms with E-state index in [1.165, 1.54) is 5.56 Å². The topological polar surface area (TPSA) is 50.9 Å². The second-order valence-electron chi connectivity index (χ2n) is 4.50. The number of thiazole rings is 1. The van der Waals surface area contributed by atoms with E-state index in [-0.39, 0.29) is 0 Å². The average Bonchev–Trinajstić information content (AvgIpc) is 2.76. The lowest BCUT2D eigenvalue weighted by Crippen LogP contribution is -2.21. The molecule has 1 aromatic heterocycles. The quantitative estimate of drug-likeness (QED) is 0.814.